The van der Waals surface area contributed by atoms with E-state index in [0.717, 1.165) is 26.8 Å². The second-order valence-electron chi connectivity index (χ2n) is 4.69. The van der Waals surface area contributed by atoms with Crippen LogP contribution in [-0.2, 0) is 0 Å². The van der Waals surface area contributed by atoms with Gasteiger partial charge in [0.15, 0.2) is 0 Å². The molecule has 1 N–H and O–H groups in total. The maximum atomic E-state index is 4.64. The fourth-order valence-electron chi connectivity index (χ4n) is 2.37. The largest absolute Gasteiger partial charge is 0.372 e. The van der Waals surface area contributed by atoms with Crippen molar-refractivity contribution in [1.82, 2.24) is 9.97 Å². The highest BCUT2D eigenvalue weighted by atomic mass is 127. The van der Waals surface area contributed by atoms with E-state index in [1.54, 1.807) is 0 Å². The normalized spacial score (nSPS) is 24.8. The standard InChI is InChI=1S/C12H18IN3/c1-7-4-5-9(6-7)11-15-8(2)10(13)12(14-3)16-11/h7,9H,4-6H2,1-3H3,(H,14,15,16). The number of aryl methyl sites for hydroxylation is 1. The molecule has 1 heterocycles. The Morgan fingerprint density at radius 1 is 1.31 bits per heavy atom. The van der Waals surface area contributed by atoms with E-state index >= 15 is 0 Å². The molecule has 0 aromatic carbocycles. The maximum Gasteiger partial charge on any atom is 0.143 e. The zero-order valence-electron chi connectivity index (χ0n) is 10.0. The fraction of sp³-hybridized carbons (Fsp3) is 0.667. The summed E-state index contributed by atoms with van der Waals surface area (Å²) in [5.74, 6) is 3.40. The summed E-state index contributed by atoms with van der Waals surface area (Å²) in [6, 6.07) is 0. The van der Waals surface area contributed by atoms with Crippen LogP contribution in [0.4, 0.5) is 5.82 Å². The van der Waals surface area contributed by atoms with Crippen LogP contribution in [0, 0.1) is 16.4 Å². The molecule has 1 fully saturated rings. The van der Waals surface area contributed by atoms with Gasteiger partial charge in [-0.3, -0.25) is 0 Å². The summed E-state index contributed by atoms with van der Waals surface area (Å²) in [6.07, 6.45) is 3.79. The molecule has 1 aromatic rings. The van der Waals surface area contributed by atoms with Crippen molar-refractivity contribution in [3.05, 3.63) is 15.1 Å². The van der Waals surface area contributed by atoms with Crippen LogP contribution in [0.1, 0.15) is 43.6 Å². The predicted molar refractivity (Wildman–Crippen MR) is 74.8 cm³/mol. The van der Waals surface area contributed by atoms with Crippen LogP contribution in [-0.4, -0.2) is 17.0 Å². The first kappa shape index (κ1) is 12.1. The molecule has 16 heavy (non-hydrogen) atoms. The quantitative estimate of drug-likeness (QED) is 0.845. The van der Waals surface area contributed by atoms with Crippen molar-refractivity contribution in [2.75, 3.05) is 12.4 Å². The molecule has 4 heteroatoms. The molecule has 1 saturated carbocycles. The minimum atomic E-state index is 0.567. The second kappa shape index (κ2) is 4.85. The minimum absolute atomic E-state index is 0.567. The third-order valence-electron chi connectivity index (χ3n) is 3.33. The highest BCUT2D eigenvalue weighted by molar-refractivity contribution is 14.1. The SMILES string of the molecule is CNc1nc(C2CCC(C)C2)nc(C)c1I. The zero-order valence-corrected chi connectivity index (χ0v) is 12.2. The van der Waals surface area contributed by atoms with Crippen molar-refractivity contribution in [3.8, 4) is 0 Å². The van der Waals surface area contributed by atoms with Crippen LogP contribution in [0.15, 0.2) is 0 Å². The number of hydrogen-bond donors (Lipinski definition) is 1. The van der Waals surface area contributed by atoms with E-state index < -0.39 is 0 Å². The molecular formula is C12H18IN3. The molecule has 2 atom stereocenters. The van der Waals surface area contributed by atoms with E-state index in [9.17, 15) is 0 Å². The highest BCUT2D eigenvalue weighted by Crippen LogP contribution is 2.37. The maximum absolute atomic E-state index is 4.64. The average molecular weight is 331 g/mol. The third kappa shape index (κ3) is 2.31. The van der Waals surface area contributed by atoms with Crippen LogP contribution >= 0.6 is 22.6 Å². The molecule has 1 aliphatic carbocycles. The number of rotatable bonds is 2. The summed E-state index contributed by atoms with van der Waals surface area (Å²) in [5.41, 5.74) is 1.09. The van der Waals surface area contributed by atoms with Crippen molar-refractivity contribution in [2.45, 2.75) is 39.0 Å². The number of hydrogen-bond acceptors (Lipinski definition) is 3. The fourth-order valence-corrected chi connectivity index (χ4v) is 2.88. The van der Waals surface area contributed by atoms with Crippen LogP contribution in [0.2, 0.25) is 0 Å². The molecule has 0 radical (unpaired) electrons. The summed E-state index contributed by atoms with van der Waals surface area (Å²) in [6.45, 7) is 4.38. The van der Waals surface area contributed by atoms with Gasteiger partial charge in [-0.2, -0.15) is 0 Å². The lowest BCUT2D eigenvalue weighted by Gasteiger charge is -2.12. The van der Waals surface area contributed by atoms with E-state index in [0.29, 0.717) is 5.92 Å². The molecule has 2 unspecified atom stereocenters. The van der Waals surface area contributed by atoms with Gasteiger partial charge in [0.1, 0.15) is 11.6 Å². The Labute approximate surface area is 111 Å². The molecule has 0 bridgehead atoms. The third-order valence-corrected chi connectivity index (χ3v) is 4.62. The van der Waals surface area contributed by atoms with E-state index in [-0.39, 0.29) is 0 Å². The molecule has 0 spiro atoms. The Morgan fingerprint density at radius 3 is 2.62 bits per heavy atom. The van der Waals surface area contributed by atoms with Crippen LogP contribution in [0.25, 0.3) is 0 Å². The van der Waals surface area contributed by atoms with Crippen molar-refractivity contribution in [1.29, 1.82) is 0 Å². The monoisotopic (exact) mass is 331 g/mol. The second-order valence-corrected chi connectivity index (χ2v) is 5.77. The molecule has 1 aromatic heterocycles. The van der Waals surface area contributed by atoms with Gasteiger partial charge in [0.2, 0.25) is 0 Å². The smallest absolute Gasteiger partial charge is 0.143 e. The van der Waals surface area contributed by atoms with E-state index in [1.807, 2.05) is 7.05 Å². The highest BCUT2D eigenvalue weighted by Gasteiger charge is 2.26. The van der Waals surface area contributed by atoms with Crippen LogP contribution in [0.3, 0.4) is 0 Å². The Kier molecular flexibility index (Phi) is 3.66. The first-order valence-electron chi connectivity index (χ1n) is 5.83. The number of nitrogens with zero attached hydrogens (tertiary/aromatic N) is 2. The van der Waals surface area contributed by atoms with Crippen LogP contribution in [0.5, 0.6) is 0 Å². The van der Waals surface area contributed by atoms with Gasteiger partial charge in [-0.1, -0.05) is 6.92 Å². The van der Waals surface area contributed by atoms with Gasteiger partial charge in [0.25, 0.3) is 0 Å². The summed E-state index contributed by atoms with van der Waals surface area (Å²) in [7, 11) is 1.92. The molecule has 0 aliphatic heterocycles. The number of aromatic nitrogens is 2. The van der Waals surface area contributed by atoms with Crippen LogP contribution < -0.4 is 5.32 Å². The molecular weight excluding hydrogens is 313 g/mol. The lowest BCUT2D eigenvalue weighted by atomic mass is 10.1. The first-order valence-corrected chi connectivity index (χ1v) is 6.91. The first-order chi connectivity index (χ1) is 7.61. The van der Waals surface area contributed by atoms with E-state index in [2.05, 4.69) is 51.7 Å². The molecule has 88 valence electrons. The lowest BCUT2D eigenvalue weighted by molar-refractivity contribution is 0.584. The van der Waals surface area contributed by atoms with Crippen molar-refractivity contribution in [2.24, 2.45) is 5.92 Å². The summed E-state index contributed by atoms with van der Waals surface area (Å²) in [4.78, 5) is 9.28. The zero-order chi connectivity index (χ0) is 11.7. The number of halogens is 1. The van der Waals surface area contributed by atoms with E-state index in [4.69, 9.17) is 0 Å². The van der Waals surface area contributed by atoms with Crippen molar-refractivity contribution < 1.29 is 0 Å². The Hall–Kier alpha value is -0.390. The van der Waals surface area contributed by atoms with Crippen molar-refractivity contribution >= 4 is 28.4 Å². The number of anilines is 1. The Bertz CT molecular complexity index is 392. The topological polar surface area (TPSA) is 37.8 Å². The summed E-state index contributed by atoms with van der Waals surface area (Å²) in [5, 5.41) is 3.15. The molecule has 0 amide bonds. The Balaban J connectivity index is 2.31. The lowest BCUT2D eigenvalue weighted by Crippen LogP contribution is -2.08. The minimum Gasteiger partial charge on any atom is -0.372 e. The van der Waals surface area contributed by atoms with E-state index in [1.165, 1.54) is 19.3 Å². The number of nitrogens with one attached hydrogen (secondary N) is 1. The van der Waals surface area contributed by atoms with Gasteiger partial charge in [-0.25, -0.2) is 9.97 Å². The van der Waals surface area contributed by atoms with Gasteiger partial charge >= 0.3 is 0 Å². The van der Waals surface area contributed by atoms with Gasteiger partial charge in [-0.05, 0) is 54.7 Å². The van der Waals surface area contributed by atoms with Gasteiger partial charge < -0.3 is 5.32 Å². The average Bonchev–Trinajstić information content (AvgIpc) is 2.69. The van der Waals surface area contributed by atoms with Gasteiger partial charge in [0, 0.05) is 13.0 Å². The summed E-state index contributed by atoms with van der Waals surface area (Å²) < 4.78 is 1.13. The predicted octanol–water partition coefficient (Wildman–Crippen LogP) is 3.33. The van der Waals surface area contributed by atoms with Crippen molar-refractivity contribution in [3.63, 3.8) is 0 Å². The molecule has 0 saturated heterocycles. The molecule has 1 aliphatic rings. The molecule has 3 nitrogen and oxygen atoms in total. The summed E-state index contributed by atoms with van der Waals surface area (Å²) >= 11 is 2.30. The molecule has 2 rings (SSSR count). The van der Waals surface area contributed by atoms with Gasteiger partial charge in [-0.15, -0.1) is 0 Å². The Morgan fingerprint density at radius 2 is 2.06 bits per heavy atom. The van der Waals surface area contributed by atoms with Gasteiger partial charge in [0.05, 0.1) is 9.26 Å².